The Balaban J connectivity index is 1.61. The summed E-state index contributed by atoms with van der Waals surface area (Å²) >= 11 is 0. The maximum absolute atomic E-state index is 12.3. The zero-order valence-corrected chi connectivity index (χ0v) is 15.6. The molecular formula is C18H27N3O3S. The summed E-state index contributed by atoms with van der Waals surface area (Å²) in [6.07, 6.45) is 5.65. The predicted molar refractivity (Wildman–Crippen MR) is 98.9 cm³/mol. The average molecular weight is 365 g/mol. The normalized spacial score (nSPS) is 19.4. The van der Waals surface area contributed by atoms with Crippen LogP contribution in [-0.4, -0.2) is 44.5 Å². The van der Waals surface area contributed by atoms with E-state index in [-0.39, 0.29) is 5.91 Å². The number of rotatable bonds is 5. The van der Waals surface area contributed by atoms with Crippen molar-refractivity contribution in [3.05, 3.63) is 29.3 Å². The van der Waals surface area contributed by atoms with Crippen LogP contribution in [0.25, 0.3) is 0 Å². The Morgan fingerprint density at radius 3 is 2.80 bits per heavy atom. The van der Waals surface area contributed by atoms with Crippen molar-refractivity contribution >= 4 is 21.6 Å². The molecule has 0 radical (unpaired) electrons. The summed E-state index contributed by atoms with van der Waals surface area (Å²) in [5.41, 5.74) is 2.88. The Bertz CT molecular complexity index is 727. The van der Waals surface area contributed by atoms with Gasteiger partial charge in [-0.05, 0) is 61.9 Å². The van der Waals surface area contributed by atoms with Crippen LogP contribution >= 0.6 is 0 Å². The minimum atomic E-state index is -3.18. The molecule has 0 aliphatic carbocycles. The van der Waals surface area contributed by atoms with E-state index in [2.05, 4.69) is 10.6 Å². The number of nitrogens with one attached hydrogen (secondary N) is 2. The van der Waals surface area contributed by atoms with Gasteiger partial charge in [0, 0.05) is 25.2 Å². The van der Waals surface area contributed by atoms with E-state index >= 15 is 0 Å². The molecular weight excluding hydrogens is 338 g/mol. The number of hydrogen-bond acceptors (Lipinski definition) is 4. The molecule has 2 aliphatic heterocycles. The summed E-state index contributed by atoms with van der Waals surface area (Å²) in [7, 11) is -3.18. The molecule has 0 aromatic heterocycles. The molecule has 6 nitrogen and oxygen atoms in total. The highest BCUT2D eigenvalue weighted by Gasteiger charge is 2.25. The summed E-state index contributed by atoms with van der Waals surface area (Å²) in [5.74, 6) is 0.692. The third-order valence-electron chi connectivity index (χ3n) is 5.21. The van der Waals surface area contributed by atoms with Crippen LogP contribution in [0.1, 0.15) is 36.8 Å². The van der Waals surface area contributed by atoms with Crippen LogP contribution in [0.2, 0.25) is 0 Å². The second kappa shape index (κ2) is 7.85. The number of hydrogen-bond donors (Lipinski definition) is 2. The van der Waals surface area contributed by atoms with Gasteiger partial charge in [0.1, 0.15) is 0 Å². The Hall–Kier alpha value is -1.44. The van der Waals surface area contributed by atoms with E-state index in [0.29, 0.717) is 31.8 Å². The van der Waals surface area contributed by atoms with E-state index in [4.69, 9.17) is 0 Å². The number of sulfonamides is 1. The second-order valence-electron chi connectivity index (χ2n) is 7.07. The standard InChI is InChI=1S/C18H27N3O3S/c1-25(23,24)21-12-9-16-15(13-21)3-2-4-17(16)20-18(22)6-5-14-7-10-19-11-8-14/h2-4,14,19H,5-13H2,1H3,(H,20,22). The third kappa shape index (κ3) is 4.80. The van der Waals surface area contributed by atoms with Gasteiger partial charge in [0.25, 0.3) is 0 Å². The Kier molecular flexibility index (Phi) is 5.76. The lowest BCUT2D eigenvalue weighted by molar-refractivity contribution is -0.116. The smallest absolute Gasteiger partial charge is 0.224 e. The zero-order valence-electron chi connectivity index (χ0n) is 14.8. The van der Waals surface area contributed by atoms with E-state index < -0.39 is 10.0 Å². The molecule has 1 fully saturated rings. The Morgan fingerprint density at radius 1 is 1.32 bits per heavy atom. The van der Waals surface area contributed by atoms with Gasteiger partial charge in [-0.2, -0.15) is 4.31 Å². The molecule has 0 unspecified atom stereocenters. The molecule has 1 aromatic rings. The van der Waals surface area contributed by atoms with Crippen LogP contribution in [0, 0.1) is 5.92 Å². The van der Waals surface area contributed by atoms with E-state index in [1.54, 1.807) is 0 Å². The van der Waals surface area contributed by atoms with Crippen molar-refractivity contribution in [2.24, 2.45) is 5.92 Å². The summed E-state index contributed by atoms with van der Waals surface area (Å²) in [6.45, 7) is 2.95. The number of carbonyl (C=O) groups is 1. The van der Waals surface area contributed by atoms with Crippen LogP contribution in [0.4, 0.5) is 5.69 Å². The predicted octanol–water partition coefficient (Wildman–Crippen LogP) is 1.72. The lowest BCUT2D eigenvalue weighted by atomic mass is 9.93. The molecule has 2 heterocycles. The highest BCUT2D eigenvalue weighted by Crippen LogP contribution is 2.27. The van der Waals surface area contributed by atoms with Gasteiger partial charge in [-0.3, -0.25) is 4.79 Å². The molecule has 7 heteroatoms. The fourth-order valence-electron chi connectivity index (χ4n) is 3.70. The van der Waals surface area contributed by atoms with Crippen LogP contribution in [0.15, 0.2) is 18.2 Å². The van der Waals surface area contributed by atoms with E-state index in [1.165, 1.54) is 10.6 Å². The molecule has 25 heavy (non-hydrogen) atoms. The van der Waals surface area contributed by atoms with Crippen molar-refractivity contribution in [1.82, 2.24) is 9.62 Å². The first-order valence-electron chi connectivity index (χ1n) is 9.00. The lowest BCUT2D eigenvalue weighted by Crippen LogP contribution is -2.35. The Labute approximate surface area is 150 Å². The summed E-state index contributed by atoms with van der Waals surface area (Å²) < 4.78 is 25.0. The highest BCUT2D eigenvalue weighted by atomic mass is 32.2. The van der Waals surface area contributed by atoms with Gasteiger partial charge < -0.3 is 10.6 Å². The molecule has 0 atom stereocenters. The van der Waals surface area contributed by atoms with Crippen molar-refractivity contribution in [3.63, 3.8) is 0 Å². The summed E-state index contributed by atoms with van der Waals surface area (Å²) in [5, 5.41) is 6.38. The molecule has 2 N–H and O–H groups in total. The molecule has 1 amide bonds. The largest absolute Gasteiger partial charge is 0.326 e. The first kappa shape index (κ1) is 18.4. The third-order valence-corrected chi connectivity index (χ3v) is 6.46. The topological polar surface area (TPSA) is 78.5 Å². The molecule has 138 valence electrons. The van der Waals surface area contributed by atoms with E-state index in [9.17, 15) is 13.2 Å². The van der Waals surface area contributed by atoms with Crippen LogP contribution in [0.3, 0.4) is 0 Å². The maximum atomic E-state index is 12.3. The van der Waals surface area contributed by atoms with Gasteiger partial charge in [0.15, 0.2) is 0 Å². The number of amides is 1. The van der Waals surface area contributed by atoms with Gasteiger partial charge in [-0.15, -0.1) is 0 Å². The molecule has 1 saturated heterocycles. The van der Waals surface area contributed by atoms with Crippen molar-refractivity contribution in [2.75, 3.05) is 31.2 Å². The van der Waals surface area contributed by atoms with E-state index in [1.807, 2.05) is 18.2 Å². The Morgan fingerprint density at radius 2 is 2.08 bits per heavy atom. The van der Waals surface area contributed by atoms with Crippen LogP contribution in [-0.2, 0) is 27.8 Å². The lowest BCUT2D eigenvalue weighted by Gasteiger charge is -2.28. The second-order valence-corrected chi connectivity index (χ2v) is 9.05. The first-order chi connectivity index (χ1) is 11.9. The number of benzene rings is 1. The van der Waals surface area contributed by atoms with Gasteiger partial charge in [-0.1, -0.05) is 12.1 Å². The fraction of sp³-hybridized carbons (Fsp3) is 0.611. The van der Waals surface area contributed by atoms with Crippen LogP contribution in [0.5, 0.6) is 0 Å². The number of carbonyl (C=O) groups excluding carboxylic acids is 1. The monoisotopic (exact) mass is 365 g/mol. The number of fused-ring (bicyclic) bond motifs is 1. The van der Waals surface area contributed by atoms with E-state index in [0.717, 1.165) is 49.2 Å². The minimum absolute atomic E-state index is 0.0532. The SMILES string of the molecule is CS(=O)(=O)N1CCc2c(cccc2NC(=O)CCC2CCNCC2)C1. The average Bonchev–Trinajstić information content (AvgIpc) is 2.60. The quantitative estimate of drug-likeness (QED) is 0.833. The summed E-state index contributed by atoms with van der Waals surface area (Å²) in [6, 6.07) is 5.74. The molecule has 0 spiro atoms. The molecule has 0 bridgehead atoms. The first-order valence-corrected chi connectivity index (χ1v) is 10.8. The van der Waals surface area contributed by atoms with Crippen molar-refractivity contribution < 1.29 is 13.2 Å². The molecule has 1 aromatic carbocycles. The zero-order chi connectivity index (χ0) is 17.9. The van der Waals surface area contributed by atoms with Crippen molar-refractivity contribution in [1.29, 1.82) is 0 Å². The summed E-state index contributed by atoms with van der Waals surface area (Å²) in [4.78, 5) is 12.3. The number of nitrogens with zero attached hydrogens (tertiary/aromatic N) is 1. The minimum Gasteiger partial charge on any atom is -0.326 e. The van der Waals surface area contributed by atoms with Crippen molar-refractivity contribution in [3.8, 4) is 0 Å². The van der Waals surface area contributed by atoms with Crippen molar-refractivity contribution in [2.45, 2.75) is 38.6 Å². The number of piperidine rings is 1. The molecule has 3 rings (SSSR count). The highest BCUT2D eigenvalue weighted by molar-refractivity contribution is 7.88. The number of anilines is 1. The fourth-order valence-corrected chi connectivity index (χ4v) is 4.50. The van der Waals surface area contributed by atoms with Gasteiger partial charge in [0.2, 0.25) is 15.9 Å². The molecule has 2 aliphatic rings. The van der Waals surface area contributed by atoms with Gasteiger partial charge >= 0.3 is 0 Å². The van der Waals surface area contributed by atoms with Gasteiger partial charge in [0.05, 0.1) is 6.26 Å². The maximum Gasteiger partial charge on any atom is 0.224 e. The van der Waals surface area contributed by atoms with Gasteiger partial charge in [-0.25, -0.2) is 8.42 Å². The molecule has 0 saturated carbocycles. The van der Waals surface area contributed by atoms with Crippen LogP contribution < -0.4 is 10.6 Å².